The van der Waals surface area contributed by atoms with Gasteiger partial charge in [0.05, 0.1) is 0 Å². The summed E-state index contributed by atoms with van der Waals surface area (Å²) in [5.41, 5.74) is 0.0425. The van der Waals surface area contributed by atoms with E-state index in [1.807, 2.05) is 0 Å². The highest BCUT2D eigenvalue weighted by Gasteiger charge is 2.31. The first-order chi connectivity index (χ1) is 9.40. The fourth-order valence-corrected chi connectivity index (χ4v) is 2.50. The summed E-state index contributed by atoms with van der Waals surface area (Å²) < 4.78 is 38.2. The van der Waals surface area contributed by atoms with Crippen LogP contribution in [0.25, 0.3) is 0 Å². The van der Waals surface area contributed by atoms with Gasteiger partial charge in [0.2, 0.25) is 0 Å². The van der Waals surface area contributed by atoms with Gasteiger partial charge in [-0.1, -0.05) is 0 Å². The second kappa shape index (κ2) is 5.87. The molecule has 0 aromatic carbocycles. The first kappa shape index (κ1) is 14.9. The Morgan fingerprint density at radius 2 is 2.20 bits per heavy atom. The van der Waals surface area contributed by atoms with Crippen LogP contribution in [0.1, 0.15) is 23.3 Å². The van der Waals surface area contributed by atoms with E-state index in [0.29, 0.717) is 13.1 Å². The zero-order chi connectivity index (χ0) is 14.8. The minimum Gasteiger partial charge on any atom is -0.396 e. The largest absolute Gasteiger partial charge is 0.406 e. The van der Waals surface area contributed by atoms with Crippen molar-refractivity contribution in [3.05, 3.63) is 24.0 Å². The Bertz CT molecular complexity index is 470. The number of aliphatic hydroxyl groups is 1. The molecule has 112 valence electrons. The Balaban J connectivity index is 2.11. The lowest BCUT2D eigenvalue weighted by atomic mass is 9.99. The SMILES string of the molecule is O=C(c1cccn1CC(F)(F)F)N1CCCC(CO)C1. The van der Waals surface area contributed by atoms with Crippen LogP contribution < -0.4 is 0 Å². The molecule has 0 aliphatic carbocycles. The third kappa shape index (κ3) is 3.53. The van der Waals surface area contributed by atoms with Crippen molar-refractivity contribution in [2.45, 2.75) is 25.6 Å². The fourth-order valence-electron chi connectivity index (χ4n) is 2.50. The van der Waals surface area contributed by atoms with Crippen LogP contribution in [-0.2, 0) is 6.54 Å². The maximum absolute atomic E-state index is 12.4. The number of likely N-dealkylation sites (tertiary alicyclic amines) is 1. The average Bonchev–Trinajstić information content (AvgIpc) is 2.83. The molecule has 2 heterocycles. The molecule has 20 heavy (non-hydrogen) atoms. The van der Waals surface area contributed by atoms with Gasteiger partial charge in [-0.3, -0.25) is 4.79 Å². The van der Waals surface area contributed by atoms with Crippen LogP contribution in [0.4, 0.5) is 13.2 Å². The van der Waals surface area contributed by atoms with E-state index in [9.17, 15) is 18.0 Å². The number of aromatic nitrogens is 1. The van der Waals surface area contributed by atoms with Gasteiger partial charge in [0.1, 0.15) is 12.2 Å². The van der Waals surface area contributed by atoms with Gasteiger partial charge in [0.25, 0.3) is 5.91 Å². The average molecular weight is 290 g/mol. The van der Waals surface area contributed by atoms with Crippen LogP contribution in [0.15, 0.2) is 18.3 Å². The van der Waals surface area contributed by atoms with E-state index in [-0.39, 0.29) is 18.2 Å². The number of aliphatic hydroxyl groups excluding tert-OH is 1. The summed E-state index contributed by atoms with van der Waals surface area (Å²) in [5.74, 6) is -0.392. The number of piperidine rings is 1. The number of carbonyl (C=O) groups excluding carboxylic acids is 1. The normalized spacial score (nSPS) is 20.2. The number of hydrogen-bond donors (Lipinski definition) is 1. The summed E-state index contributed by atoms with van der Waals surface area (Å²) in [7, 11) is 0. The van der Waals surface area contributed by atoms with Crippen LogP contribution in [0.5, 0.6) is 0 Å². The zero-order valence-electron chi connectivity index (χ0n) is 10.9. The minimum atomic E-state index is -4.36. The number of rotatable bonds is 3. The van der Waals surface area contributed by atoms with Crippen molar-refractivity contribution < 1.29 is 23.1 Å². The van der Waals surface area contributed by atoms with E-state index in [1.54, 1.807) is 0 Å². The number of halogens is 3. The summed E-state index contributed by atoms with van der Waals surface area (Å²) in [5, 5.41) is 9.14. The van der Waals surface area contributed by atoms with Crippen LogP contribution in [0.2, 0.25) is 0 Å². The van der Waals surface area contributed by atoms with E-state index in [4.69, 9.17) is 5.11 Å². The Labute approximate surface area is 114 Å². The first-order valence-electron chi connectivity index (χ1n) is 6.53. The van der Waals surface area contributed by atoms with Gasteiger partial charge in [-0.05, 0) is 30.9 Å². The van der Waals surface area contributed by atoms with Crippen LogP contribution in [0, 0.1) is 5.92 Å². The molecule has 1 unspecified atom stereocenters. The monoisotopic (exact) mass is 290 g/mol. The molecule has 1 aliphatic rings. The number of amides is 1. The Morgan fingerprint density at radius 1 is 1.45 bits per heavy atom. The van der Waals surface area contributed by atoms with Crippen molar-refractivity contribution in [2.24, 2.45) is 5.92 Å². The summed E-state index contributed by atoms with van der Waals surface area (Å²) in [6.07, 6.45) is -1.50. The van der Waals surface area contributed by atoms with Crippen molar-refractivity contribution >= 4 is 5.91 Å². The summed E-state index contributed by atoms with van der Waals surface area (Å²) in [4.78, 5) is 13.8. The molecule has 1 aromatic heterocycles. The highest BCUT2D eigenvalue weighted by Crippen LogP contribution is 2.22. The number of nitrogens with zero attached hydrogens (tertiary/aromatic N) is 2. The predicted octanol–water partition coefficient (Wildman–Crippen LogP) is 1.89. The summed E-state index contributed by atoms with van der Waals surface area (Å²) in [6.45, 7) is -0.259. The van der Waals surface area contributed by atoms with Crippen molar-refractivity contribution in [2.75, 3.05) is 19.7 Å². The molecular weight excluding hydrogens is 273 g/mol. The van der Waals surface area contributed by atoms with Gasteiger partial charge >= 0.3 is 6.18 Å². The van der Waals surface area contributed by atoms with Crippen LogP contribution >= 0.6 is 0 Å². The van der Waals surface area contributed by atoms with Crippen molar-refractivity contribution in [3.63, 3.8) is 0 Å². The van der Waals surface area contributed by atoms with Crippen LogP contribution in [-0.4, -0.2) is 46.4 Å². The van der Waals surface area contributed by atoms with Gasteiger partial charge in [0.15, 0.2) is 0 Å². The number of carbonyl (C=O) groups is 1. The molecule has 1 fully saturated rings. The molecule has 2 rings (SSSR count). The van der Waals surface area contributed by atoms with E-state index >= 15 is 0 Å². The number of alkyl halides is 3. The molecule has 0 saturated carbocycles. The molecule has 1 atom stereocenters. The maximum atomic E-state index is 12.4. The van der Waals surface area contributed by atoms with Crippen molar-refractivity contribution in [1.82, 2.24) is 9.47 Å². The Kier molecular flexibility index (Phi) is 4.37. The van der Waals surface area contributed by atoms with E-state index in [2.05, 4.69) is 0 Å². The molecule has 7 heteroatoms. The third-order valence-corrected chi connectivity index (χ3v) is 3.46. The Morgan fingerprint density at radius 3 is 2.85 bits per heavy atom. The topological polar surface area (TPSA) is 45.5 Å². The molecule has 0 radical (unpaired) electrons. The van der Waals surface area contributed by atoms with Gasteiger partial charge in [-0.2, -0.15) is 13.2 Å². The van der Waals surface area contributed by atoms with Crippen molar-refractivity contribution in [3.8, 4) is 0 Å². The van der Waals surface area contributed by atoms with Gasteiger partial charge in [-0.15, -0.1) is 0 Å². The fraction of sp³-hybridized carbons (Fsp3) is 0.615. The lowest BCUT2D eigenvalue weighted by Gasteiger charge is -2.32. The second-order valence-corrected chi connectivity index (χ2v) is 5.08. The first-order valence-corrected chi connectivity index (χ1v) is 6.53. The highest BCUT2D eigenvalue weighted by atomic mass is 19.4. The lowest BCUT2D eigenvalue weighted by Crippen LogP contribution is -2.41. The quantitative estimate of drug-likeness (QED) is 0.924. The minimum absolute atomic E-state index is 0.00660. The standard InChI is InChI=1S/C13H17F3N2O2/c14-13(15,16)9-18-6-2-4-11(18)12(20)17-5-1-3-10(7-17)8-19/h2,4,6,10,19H,1,3,5,7-9H2. The predicted molar refractivity (Wildman–Crippen MR) is 66.2 cm³/mol. The highest BCUT2D eigenvalue weighted by molar-refractivity contribution is 5.92. The lowest BCUT2D eigenvalue weighted by molar-refractivity contribution is -0.140. The second-order valence-electron chi connectivity index (χ2n) is 5.08. The van der Waals surface area contributed by atoms with Gasteiger partial charge in [-0.25, -0.2) is 0 Å². The summed E-state index contributed by atoms with van der Waals surface area (Å²) in [6, 6.07) is 2.84. The molecule has 1 aromatic rings. The molecule has 4 nitrogen and oxygen atoms in total. The molecule has 1 saturated heterocycles. The molecular formula is C13H17F3N2O2. The van der Waals surface area contributed by atoms with E-state index in [1.165, 1.54) is 23.2 Å². The summed E-state index contributed by atoms with van der Waals surface area (Å²) >= 11 is 0. The molecule has 0 bridgehead atoms. The molecule has 0 spiro atoms. The maximum Gasteiger partial charge on any atom is 0.406 e. The third-order valence-electron chi connectivity index (χ3n) is 3.46. The van der Waals surface area contributed by atoms with Crippen LogP contribution in [0.3, 0.4) is 0 Å². The van der Waals surface area contributed by atoms with E-state index < -0.39 is 18.6 Å². The molecule has 1 amide bonds. The van der Waals surface area contributed by atoms with Gasteiger partial charge in [0, 0.05) is 25.9 Å². The molecule has 1 N–H and O–H groups in total. The smallest absolute Gasteiger partial charge is 0.396 e. The zero-order valence-corrected chi connectivity index (χ0v) is 10.9. The number of hydrogen-bond acceptors (Lipinski definition) is 2. The molecule has 1 aliphatic heterocycles. The van der Waals surface area contributed by atoms with E-state index in [0.717, 1.165) is 17.4 Å². The van der Waals surface area contributed by atoms with Gasteiger partial charge < -0.3 is 14.6 Å². The Hall–Kier alpha value is -1.50. The van der Waals surface area contributed by atoms with Crippen molar-refractivity contribution in [1.29, 1.82) is 0 Å².